The molecule has 1 fully saturated rings. The molecule has 194 valence electrons. The van der Waals surface area contributed by atoms with Gasteiger partial charge in [0, 0.05) is 42.5 Å². The number of aliphatic hydroxyl groups is 1. The van der Waals surface area contributed by atoms with Gasteiger partial charge in [0.15, 0.2) is 5.60 Å². The van der Waals surface area contributed by atoms with E-state index in [2.05, 4.69) is 32.2 Å². The van der Waals surface area contributed by atoms with Crippen molar-refractivity contribution in [3.05, 3.63) is 69.8 Å². The lowest BCUT2D eigenvalue weighted by Crippen LogP contribution is -2.35. The summed E-state index contributed by atoms with van der Waals surface area (Å²) in [5.41, 5.74) is 2.32. The fraction of sp³-hybridized carbons (Fsp3) is 0.407. The molecule has 10 heteroatoms. The van der Waals surface area contributed by atoms with Crippen molar-refractivity contribution in [2.75, 3.05) is 27.2 Å². The van der Waals surface area contributed by atoms with Crippen LogP contribution in [0, 0.1) is 13.8 Å². The Morgan fingerprint density at radius 2 is 1.84 bits per heavy atom. The average Bonchev–Trinajstić information content (AvgIpc) is 3.32. The van der Waals surface area contributed by atoms with Crippen LogP contribution in [0.2, 0.25) is 5.02 Å². The third kappa shape index (κ3) is 4.52. The van der Waals surface area contributed by atoms with E-state index in [1.54, 1.807) is 25.0 Å². The molecule has 5 rings (SSSR count). The molecule has 0 spiro atoms. The van der Waals surface area contributed by atoms with E-state index in [1.165, 1.54) is 0 Å². The monoisotopic (exact) mass is 522 g/mol. The lowest BCUT2D eigenvalue weighted by atomic mass is 9.82. The van der Waals surface area contributed by atoms with Gasteiger partial charge in [0.05, 0.1) is 29.5 Å². The second-order valence-electron chi connectivity index (χ2n) is 9.66. The van der Waals surface area contributed by atoms with E-state index in [0.29, 0.717) is 50.1 Å². The van der Waals surface area contributed by atoms with E-state index in [1.807, 2.05) is 44.2 Å². The van der Waals surface area contributed by atoms with Crippen molar-refractivity contribution in [3.8, 4) is 11.6 Å². The number of likely N-dealkylation sites (tertiary alicyclic amines) is 1. The topological polar surface area (TPSA) is 98.4 Å². The van der Waals surface area contributed by atoms with Crippen molar-refractivity contribution in [3.63, 3.8) is 0 Å². The predicted molar refractivity (Wildman–Crippen MR) is 141 cm³/mol. The lowest BCUT2D eigenvalue weighted by molar-refractivity contribution is 0.110. The molecule has 1 aliphatic rings. The first-order valence-electron chi connectivity index (χ1n) is 12.3. The van der Waals surface area contributed by atoms with Gasteiger partial charge < -0.3 is 19.5 Å². The van der Waals surface area contributed by atoms with E-state index >= 15 is 0 Å². The van der Waals surface area contributed by atoms with Crippen molar-refractivity contribution in [1.29, 1.82) is 0 Å². The number of ether oxygens (including phenoxy) is 2. The molecule has 4 aromatic rings. The molecule has 1 aromatic carbocycles. The molecule has 0 bridgehead atoms. The van der Waals surface area contributed by atoms with Gasteiger partial charge in [-0.3, -0.25) is 4.98 Å². The van der Waals surface area contributed by atoms with Crippen LogP contribution in [-0.2, 0) is 12.6 Å². The molecule has 3 aromatic heterocycles. The van der Waals surface area contributed by atoms with Gasteiger partial charge in [0.1, 0.15) is 6.10 Å². The van der Waals surface area contributed by atoms with Crippen molar-refractivity contribution >= 4 is 22.5 Å². The standard InChI is InChI=1S/C27H31ClN6O3/c1-16-6-8-21(17(2)30-16)27(35,23-15-29-32-34(23)4)18-7-9-22-20(14-18)24(28)25(26(31-22)36-5)37-19-10-12-33(3)13-11-19/h6-9,14-15,19,35H,10-13H2,1-5H3. The summed E-state index contributed by atoms with van der Waals surface area (Å²) in [7, 11) is 5.41. The minimum atomic E-state index is -1.59. The quantitative estimate of drug-likeness (QED) is 0.408. The summed E-state index contributed by atoms with van der Waals surface area (Å²) in [4.78, 5) is 11.6. The first kappa shape index (κ1) is 25.4. The Labute approximate surface area is 221 Å². The van der Waals surface area contributed by atoms with Crippen molar-refractivity contribution in [2.45, 2.75) is 38.4 Å². The number of pyridine rings is 2. The van der Waals surface area contributed by atoms with Gasteiger partial charge in [0.2, 0.25) is 5.75 Å². The predicted octanol–water partition coefficient (Wildman–Crippen LogP) is 3.79. The van der Waals surface area contributed by atoms with Crippen LogP contribution in [0.5, 0.6) is 11.6 Å². The highest BCUT2D eigenvalue weighted by molar-refractivity contribution is 6.37. The van der Waals surface area contributed by atoms with E-state index in [-0.39, 0.29) is 6.10 Å². The number of methoxy groups -OCH3 is 1. The van der Waals surface area contributed by atoms with Gasteiger partial charge in [-0.1, -0.05) is 28.9 Å². The Hall–Kier alpha value is -3.27. The Morgan fingerprint density at radius 3 is 2.49 bits per heavy atom. The number of hydrogen-bond acceptors (Lipinski definition) is 8. The van der Waals surface area contributed by atoms with Gasteiger partial charge in [0.25, 0.3) is 5.88 Å². The molecule has 1 unspecified atom stereocenters. The normalized spacial score (nSPS) is 16.6. The fourth-order valence-electron chi connectivity index (χ4n) is 5.05. The van der Waals surface area contributed by atoms with Gasteiger partial charge >= 0.3 is 0 Å². The van der Waals surface area contributed by atoms with E-state index in [0.717, 1.165) is 31.6 Å². The highest BCUT2D eigenvalue weighted by Gasteiger charge is 2.39. The third-order valence-electron chi connectivity index (χ3n) is 7.11. The zero-order valence-electron chi connectivity index (χ0n) is 21.7. The van der Waals surface area contributed by atoms with Gasteiger partial charge in [-0.2, -0.15) is 0 Å². The molecule has 1 saturated heterocycles. The molecule has 1 aliphatic heterocycles. The van der Waals surface area contributed by atoms with Crippen LogP contribution in [0.15, 0.2) is 36.5 Å². The maximum atomic E-state index is 12.4. The summed E-state index contributed by atoms with van der Waals surface area (Å²) in [6.07, 6.45) is 3.36. The van der Waals surface area contributed by atoms with E-state index in [4.69, 9.17) is 21.1 Å². The molecule has 0 radical (unpaired) electrons. The fourth-order valence-corrected chi connectivity index (χ4v) is 5.33. The maximum Gasteiger partial charge on any atom is 0.258 e. The van der Waals surface area contributed by atoms with Gasteiger partial charge in [-0.05, 0) is 57.5 Å². The molecule has 1 N–H and O–H groups in total. The summed E-state index contributed by atoms with van der Waals surface area (Å²) in [5, 5.41) is 21.6. The van der Waals surface area contributed by atoms with E-state index in [9.17, 15) is 5.11 Å². The zero-order chi connectivity index (χ0) is 26.3. The number of hydrogen-bond donors (Lipinski definition) is 1. The third-order valence-corrected chi connectivity index (χ3v) is 7.49. The second kappa shape index (κ2) is 9.89. The summed E-state index contributed by atoms with van der Waals surface area (Å²) >= 11 is 6.97. The number of aromatic nitrogens is 5. The highest BCUT2D eigenvalue weighted by Crippen LogP contribution is 2.43. The first-order chi connectivity index (χ1) is 17.7. The smallest absolute Gasteiger partial charge is 0.258 e. The summed E-state index contributed by atoms with van der Waals surface area (Å²) in [6.45, 7) is 5.70. The number of aryl methyl sites for hydroxylation is 3. The number of benzene rings is 1. The maximum absolute atomic E-state index is 12.4. The van der Waals surface area contributed by atoms with Crippen LogP contribution in [0.4, 0.5) is 0 Å². The van der Waals surface area contributed by atoms with E-state index < -0.39 is 5.60 Å². The molecule has 0 saturated carbocycles. The molecule has 1 atom stereocenters. The van der Waals surface area contributed by atoms with Crippen molar-refractivity contribution < 1.29 is 14.6 Å². The Balaban J connectivity index is 1.67. The highest BCUT2D eigenvalue weighted by atomic mass is 35.5. The lowest BCUT2D eigenvalue weighted by Gasteiger charge is -2.31. The minimum absolute atomic E-state index is 0.0174. The first-order valence-corrected chi connectivity index (χ1v) is 12.6. The molecule has 9 nitrogen and oxygen atoms in total. The minimum Gasteiger partial charge on any atom is -0.483 e. The molecular formula is C27H31ClN6O3. The summed E-state index contributed by atoms with van der Waals surface area (Å²) in [5.74, 6) is 0.760. The Kier molecular flexibility index (Phi) is 6.78. The SMILES string of the molecule is COc1nc2ccc(C(O)(c3ccc(C)nc3C)c3cnnn3C)cc2c(Cl)c1OC1CCN(C)CC1. The summed E-state index contributed by atoms with van der Waals surface area (Å²) < 4.78 is 13.5. The van der Waals surface area contributed by atoms with Crippen LogP contribution >= 0.6 is 11.6 Å². The number of halogens is 1. The molecule has 4 heterocycles. The van der Waals surface area contributed by atoms with Gasteiger partial charge in [-0.15, -0.1) is 5.10 Å². The van der Waals surface area contributed by atoms with Gasteiger partial charge in [-0.25, -0.2) is 9.67 Å². The van der Waals surface area contributed by atoms with Crippen LogP contribution in [0.25, 0.3) is 10.9 Å². The number of rotatable bonds is 6. The largest absolute Gasteiger partial charge is 0.483 e. The van der Waals surface area contributed by atoms with Crippen molar-refractivity contribution in [2.24, 2.45) is 7.05 Å². The molecule has 0 amide bonds. The molecular weight excluding hydrogens is 492 g/mol. The molecule has 37 heavy (non-hydrogen) atoms. The van der Waals surface area contributed by atoms with Crippen LogP contribution < -0.4 is 9.47 Å². The molecule has 0 aliphatic carbocycles. The van der Waals surface area contributed by atoms with Crippen LogP contribution in [-0.4, -0.2) is 68.3 Å². The summed E-state index contributed by atoms with van der Waals surface area (Å²) in [6, 6.07) is 9.26. The van der Waals surface area contributed by atoms with Crippen LogP contribution in [0.1, 0.15) is 41.1 Å². The number of fused-ring (bicyclic) bond motifs is 1. The average molecular weight is 523 g/mol. The van der Waals surface area contributed by atoms with Crippen molar-refractivity contribution in [1.82, 2.24) is 29.9 Å². The second-order valence-corrected chi connectivity index (χ2v) is 10.0. The Bertz CT molecular complexity index is 1450. The van der Waals surface area contributed by atoms with Crippen LogP contribution in [0.3, 0.4) is 0 Å². The Morgan fingerprint density at radius 1 is 1.08 bits per heavy atom. The zero-order valence-corrected chi connectivity index (χ0v) is 22.5. The number of piperidine rings is 1. The number of nitrogens with zero attached hydrogens (tertiary/aromatic N) is 6.